The second-order valence-corrected chi connectivity index (χ2v) is 6.54. The largest absolute Gasteiger partial charge is 0.334 e. The first kappa shape index (κ1) is 17.7. The maximum Gasteiger partial charge on any atom is 0.320 e. The van der Waals surface area contributed by atoms with Crippen LogP contribution in [0.5, 0.6) is 0 Å². The molecule has 0 fully saturated rings. The summed E-state index contributed by atoms with van der Waals surface area (Å²) < 4.78 is 14.8. The molecule has 4 aromatic rings. The van der Waals surface area contributed by atoms with Crippen molar-refractivity contribution in [2.24, 2.45) is 0 Å². The summed E-state index contributed by atoms with van der Waals surface area (Å²) in [6.07, 6.45) is 1.86. The summed E-state index contributed by atoms with van der Waals surface area (Å²) in [7, 11) is 0. The van der Waals surface area contributed by atoms with Crippen molar-refractivity contribution in [2.75, 3.05) is 5.32 Å². The quantitative estimate of drug-likeness (QED) is 0.541. The van der Waals surface area contributed by atoms with Crippen LogP contribution >= 0.6 is 0 Å². The van der Waals surface area contributed by atoms with Gasteiger partial charge in [0.2, 0.25) is 0 Å². The Kier molecular flexibility index (Phi) is 4.76. The smallest absolute Gasteiger partial charge is 0.320 e. The zero-order valence-corrected chi connectivity index (χ0v) is 15.3. The number of aromatic nitrogens is 2. The third-order valence-corrected chi connectivity index (χ3v) is 4.45. The van der Waals surface area contributed by atoms with Gasteiger partial charge in [-0.25, -0.2) is 14.2 Å². The molecule has 0 aliphatic rings. The van der Waals surface area contributed by atoms with E-state index in [1.165, 1.54) is 12.1 Å². The van der Waals surface area contributed by atoms with Gasteiger partial charge in [0, 0.05) is 18.3 Å². The van der Waals surface area contributed by atoms with Gasteiger partial charge < -0.3 is 5.32 Å². The Hall–Kier alpha value is -3.67. The highest BCUT2D eigenvalue weighted by Crippen LogP contribution is 2.28. The molecule has 0 aliphatic heterocycles. The number of hydrogen-bond donors (Lipinski definition) is 2. The summed E-state index contributed by atoms with van der Waals surface area (Å²) in [4.78, 5) is 17.2. The summed E-state index contributed by atoms with van der Waals surface area (Å²) in [6, 6.07) is 19.3. The first-order valence-corrected chi connectivity index (χ1v) is 8.93. The molecule has 5 nitrogen and oxygen atoms in total. The number of benzene rings is 2. The summed E-state index contributed by atoms with van der Waals surface area (Å²) in [5.41, 5.74) is 4.32. The molecule has 28 heavy (non-hydrogen) atoms. The van der Waals surface area contributed by atoms with E-state index in [4.69, 9.17) is 0 Å². The first-order chi connectivity index (χ1) is 13.6. The number of halogens is 1. The van der Waals surface area contributed by atoms with E-state index in [-0.39, 0.29) is 11.8 Å². The molecule has 0 saturated heterocycles. The number of pyridine rings is 1. The number of nitrogens with zero attached hydrogens (tertiary/aromatic N) is 2. The van der Waals surface area contributed by atoms with Crippen LogP contribution in [0.15, 0.2) is 72.9 Å². The van der Waals surface area contributed by atoms with E-state index < -0.39 is 0 Å². The number of urea groups is 1. The van der Waals surface area contributed by atoms with Crippen molar-refractivity contribution in [1.29, 1.82) is 0 Å². The number of carbonyl (C=O) groups excluding carboxylic acids is 1. The standard InChI is InChI=1S/C22H19FN4O/c1-15-5-9-17(10-6-15)20-21(27-13-3-2-4-19(27)25-20)26-22(28)24-14-16-7-11-18(23)12-8-16/h2-13H,14H2,1H3,(H2,24,26,28). The van der Waals surface area contributed by atoms with E-state index in [1.807, 2.05) is 60.0 Å². The molecule has 2 aromatic heterocycles. The minimum atomic E-state index is -0.358. The fourth-order valence-electron chi connectivity index (χ4n) is 2.96. The predicted molar refractivity (Wildman–Crippen MR) is 108 cm³/mol. The highest BCUT2D eigenvalue weighted by Gasteiger charge is 2.16. The molecule has 2 heterocycles. The molecule has 2 N–H and O–H groups in total. The molecule has 0 aliphatic carbocycles. The summed E-state index contributed by atoms with van der Waals surface area (Å²) in [6.45, 7) is 2.32. The maximum atomic E-state index is 13.0. The second-order valence-electron chi connectivity index (χ2n) is 6.54. The Morgan fingerprint density at radius 2 is 1.79 bits per heavy atom. The van der Waals surface area contributed by atoms with Gasteiger partial charge in [-0.3, -0.25) is 9.72 Å². The number of anilines is 1. The summed E-state index contributed by atoms with van der Waals surface area (Å²) in [5, 5.41) is 5.70. The Bertz CT molecular complexity index is 1120. The Morgan fingerprint density at radius 1 is 1.04 bits per heavy atom. The number of imidazole rings is 1. The van der Waals surface area contributed by atoms with Gasteiger partial charge in [0.15, 0.2) is 0 Å². The average molecular weight is 374 g/mol. The number of amides is 2. The fourth-order valence-corrected chi connectivity index (χ4v) is 2.96. The first-order valence-electron chi connectivity index (χ1n) is 8.93. The maximum absolute atomic E-state index is 13.0. The molecule has 0 spiro atoms. The molecule has 2 amide bonds. The van der Waals surface area contributed by atoms with Crippen LogP contribution in [-0.2, 0) is 6.54 Å². The highest BCUT2D eigenvalue weighted by atomic mass is 19.1. The lowest BCUT2D eigenvalue weighted by Gasteiger charge is -2.10. The lowest BCUT2D eigenvalue weighted by molar-refractivity contribution is 0.251. The minimum absolute atomic E-state index is 0.294. The number of aryl methyl sites for hydroxylation is 1. The molecule has 4 rings (SSSR count). The van der Waals surface area contributed by atoms with E-state index in [2.05, 4.69) is 15.6 Å². The number of carbonyl (C=O) groups is 1. The normalized spacial score (nSPS) is 10.8. The third kappa shape index (κ3) is 3.71. The number of fused-ring (bicyclic) bond motifs is 1. The Labute approximate surface area is 161 Å². The van der Waals surface area contributed by atoms with Crippen LogP contribution in [0.3, 0.4) is 0 Å². The van der Waals surface area contributed by atoms with Gasteiger partial charge in [-0.2, -0.15) is 0 Å². The molecule has 0 radical (unpaired) electrons. The van der Waals surface area contributed by atoms with Gasteiger partial charge in [-0.05, 0) is 36.8 Å². The topological polar surface area (TPSA) is 58.4 Å². The van der Waals surface area contributed by atoms with E-state index in [0.29, 0.717) is 18.1 Å². The highest BCUT2D eigenvalue weighted by molar-refractivity contribution is 5.93. The molecule has 0 saturated carbocycles. The molecular formula is C22H19FN4O. The van der Waals surface area contributed by atoms with Crippen molar-refractivity contribution in [2.45, 2.75) is 13.5 Å². The average Bonchev–Trinajstić information content (AvgIpc) is 3.07. The Morgan fingerprint density at radius 3 is 2.54 bits per heavy atom. The number of hydrogen-bond acceptors (Lipinski definition) is 2. The van der Waals surface area contributed by atoms with E-state index in [9.17, 15) is 9.18 Å². The van der Waals surface area contributed by atoms with Crippen LogP contribution < -0.4 is 10.6 Å². The number of nitrogens with one attached hydrogen (secondary N) is 2. The SMILES string of the molecule is Cc1ccc(-c2nc3ccccn3c2NC(=O)NCc2ccc(F)cc2)cc1. The molecule has 0 atom stereocenters. The Balaban J connectivity index is 1.59. The summed E-state index contributed by atoms with van der Waals surface area (Å²) >= 11 is 0. The summed E-state index contributed by atoms with van der Waals surface area (Å²) in [5.74, 6) is 0.290. The zero-order chi connectivity index (χ0) is 19.5. The molecule has 2 aromatic carbocycles. The lowest BCUT2D eigenvalue weighted by Crippen LogP contribution is -2.28. The number of rotatable bonds is 4. The van der Waals surface area contributed by atoms with Crippen LogP contribution in [0.1, 0.15) is 11.1 Å². The monoisotopic (exact) mass is 374 g/mol. The third-order valence-electron chi connectivity index (χ3n) is 4.45. The van der Waals surface area contributed by atoms with E-state index in [0.717, 1.165) is 22.3 Å². The van der Waals surface area contributed by atoms with Gasteiger partial charge in [-0.15, -0.1) is 0 Å². The van der Waals surface area contributed by atoms with Crippen molar-refractivity contribution < 1.29 is 9.18 Å². The lowest BCUT2D eigenvalue weighted by atomic mass is 10.1. The van der Waals surface area contributed by atoms with Gasteiger partial charge >= 0.3 is 6.03 Å². The second kappa shape index (κ2) is 7.52. The van der Waals surface area contributed by atoms with Crippen molar-refractivity contribution in [3.8, 4) is 11.3 Å². The molecular weight excluding hydrogens is 355 g/mol. The molecule has 0 unspecified atom stereocenters. The molecule has 140 valence electrons. The van der Waals surface area contributed by atoms with Crippen LogP contribution in [-0.4, -0.2) is 15.4 Å². The molecule has 0 bridgehead atoms. The van der Waals surface area contributed by atoms with Crippen LogP contribution in [0.2, 0.25) is 0 Å². The van der Waals surface area contributed by atoms with Gasteiger partial charge in [0.05, 0.1) is 0 Å². The molecule has 6 heteroatoms. The van der Waals surface area contributed by atoms with E-state index >= 15 is 0 Å². The van der Waals surface area contributed by atoms with Crippen LogP contribution in [0, 0.1) is 12.7 Å². The van der Waals surface area contributed by atoms with E-state index in [1.54, 1.807) is 12.1 Å². The fraction of sp³-hybridized carbons (Fsp3) is 0.0909. The van der Waals surface area contributed by atoms with Gasteiger partial charge in [0.25, 0.3) is 0 Å². The predicted octanol–water partition coefficient (Wildman–Crippen LogP) is 4.77. The van der Waals surface area contributed by atoms with Crippen LogP contribution in [0.4, 0.5) is 15.0 Å². The van der Waals surface area contributed by atoms with Crippen molar-refractivity contribution in [1.82, 2.24) is 14.7 Å². The van der Waals surface area contributed by atoms with Crippen molar-refractivity contribution >= 4 is 17.5 Å². The van der Waals surface area contributed by atoms with Crippen LogP contribution in [0.25, 0.3) is 16.9 Å². The van der Waals surface area contributed by atoms with Gasteiger partial charge in [-0.1, -0.05) is 48.0 Å². The van der Waals surface area contributed by atoms with Gasteiger partial charge in [0.1, 0.15) is 23.0 Å². The van der Waals surface area contributed by atoms with Crippen molar-refractivity contribution in [3.05, 3.63) is 89.9 Å². The van der Waals surface area contributed by atoms with Crippen molar-refractivity contribution in [3.63, 3.8) is 0 Å². The minimum Gasteiger partial charge on any atom is -0.334 e. The zero-order valence-electron chi connectivity index (χ0n) is 15.3.